The SMILES string of the molecule is Cc1ccc(N2C[C@H](c3nc4ccccc4n3C[C@@H](O)COc3ccccc3)CC2=O)cc1. The molecule has 1 N–H and O–H groups in total. The first-order valence-corrected chi connectivity index (χ1v) is 11.3. The van der Waals surface area contributed by atoms with E-state index in [0.717, 1.165) is 33.9 Å². The highest BCUT2D eigenvalue weighted by Gasteiger charge is 2.35. The van der Waals surface area contributed by atoms with Crippen LogP contribution in [-0.2, 0) is 11.3 Å². The van der Waals surface area contributed by atoms with E-state index in [1.165, 1.54) is 0 Å². The van der Waals surface area contributed by atoms with Crippen molar-refractivity contribution in [1.82, 2.24) is 9.55 Å². The molecular formula is C27H27N3O3. The van der Waals surface area contributed by atoms with Crippen LogP contribution in [0.15, 0.2) is 78.9 Å². The molecule has 5 rings (SSSR count). The molecule has 1 aliphatic rings. The fourth-order valence-corrected chi connectivity index (χ4v) is 4.43. The van der Waals surface area contributed by atoms with Crippen molar-refractivity contribution >= 4 is 22.6 Å². The Labute approximate surface area is 193 Å². The van der Waals surface area contributed by atoms with Gasteiger partial charge in [0.1, 0.15) is 24.3 Å². The Balaban J connectivity index is 1.38. The molecule has 2 atom stereocenters. The molecule has 0 aliphatic carbocycles. The van der Waals surface area contributed by atoms with E-state index in [0.29, 0.717) is 19.5 Å². The number of aliphatic hydroxyl groups is 1. The van der Waals surface area contributed by atoms with Gasteiger partial charge in [0, 0.05) is 24.6 Å². The quantitative estimate of drug-likeness (QED) is 0.464. The molecule has 6 heteroatoms. The van der Waals surface area contributed by atoms with Crippen molar-refractivity contribution < 1.29 is 14.6 Å². The molecule has 1 aromatic heterocycles. The molecular weight excluding hydrogens is 414 g/mol. The van der Waals surface area contributed by atoms with Crippen LogP contribution in [0.1, 0.15) is 23.7 Å². The maximum Gasteiger partial charge on any atom is 0.227 e. The van der Waals surface area contributed by atoms with E-state index in [9.17, 15) is 9.90 Å². The second-order valence-corrected chi connectivity index (χ2v) is 8.59. The highest BCUT2D eigenvalue weighted by molar-refractivity contribution is 5.96. The van der Waals surface area contributed by atoms with Gasteiger partial charge in [-0.1, -0.05) is 48.0 Å². The van der Waals surface area contributed by atoms with Crippen LogP contribution >= 0.6 is 0 Å². The molecule has 2 heterocycles. The minimum absolute atomic E-state index is 0.0477. The van der Waals surface area contributed by atoms with Crippen LogP contribution in [0.4, 0.5) is 5.69 Å². The molecule has 6 nitrogen and oxygen atoms in total. The molecule has 1 saturated heterocycles. The van der Waals surface area contributed by atoms with Gasteiger partial charge in [-0.3, -0.25) is 4.79 Å². The third kappa shape index (κ3) is 4.47. The summed E-state index contributed by atoms with van der Waals surface area (Å²) < 4.78 is 7.80. The third-order valence-corrected chi connectivity index (χ3v) is 6.10. The van der Waals surface area contributed by atoms with E-state index in [4.69, 9.17) is 9.72 Å². The van der Waals surface area contributed by atoms with Crippen molar-refractivity contribution in [1.29, 1.82) is 0 Å². The molecule has 1 amide bonds. The average molecular weight is 442 g/mol. The average Bonchev–Trinajstić information content (AvgIpc) is 3.39. The largest absolute Gasteiger partial charge is 0.491 e. The number of aliphatic hydroxyl groups excluding tert-OH is 1. The smallest absolute Gasteiger partial charge is 0.227 e. The third-order valence-electron chi connectivity index (χ3n) is 6.10. The lowest BCUT2D eigenvalue weighted by Gasteiger charge is -2.19. The van der Waals surface area contributed by atoms with Gasteiger partial charge in [0.05, 0.1) is 17.6 Å². The number of carbonyl (C=O) groups excluding carboxylic acids is 1. The predicted molar refractivity (Wildman–Crippen MR) is 129 cm³/mol. The molecule has 3 aromatic carbocycles. The van der Waals surface area contributed by atoms with Crippen molar-refractivity contribution in [2.45, 2.75) is 31.9 Å². The first-order valence-electron chi connectivity index (χ1n) is 11.3. The number of hydrogen-bond donors (Lipinski definition) is 1. The number of nitrogens with zero attached hydrogens (tertiary/aromatic N) is 3. The normalized spacial score (nSPS) is 17.0. The fraction of sp³-hybridized carbons (Fsp3) is 0.259. The summed E-state index contributed by atoms with van der Waals surface area (Å²) in [5, 5.41) is 10.8. The number of aromatic nitrogens is 2. The summed E-state index contributed by atoms with van der Waals surface area (Å²) in [5.74, 6) is 1.60. The number of anilines is 1. The Morgan fingerprint density at radius 1 is 1.03 bits per heavy atom. The first-order chi connectivity index (χ1) is 16.1. The Kier molecular flexibility index (Phi) is 5.84. The van der Waals surface area contributed by atoms with Gasteiger partial charge in [-0.05, 0) is 43.3 Å². The second kappa shape index (κ2) is 9.08. The van der Waals surface area contributed by atoms with Crippen LogP contribution in [0.5, 0.6) is 5.75 Å². The molecule has 0 radical (unpaired) electrons. The molecule has 1 fully saturated rings. The fourth-order valence-electron chi connectivity index (χ4n) is 4.43. The lowest BCUT2D eigenvalue weighted by Crippen LogP contribution is -2.26. The van der Waals surface area contributed by atoms with Crippen LogP contribution in [0.2, 0.25) is 0 Å². The monoisotopic (exact) mass is 441 g/mol. The zero-order valence-corrected chi connectivity index (χ0v) is 18.6. The van der Waals surface area contributed by atoms with Crippen molar-refractivity contribution in [2.24, 2.45) is 0 Å². The minimum atomic E-state index is -0.716. The van der Waals surface area contributed by atoms with Gasteiger partial charge >= 0.3 is 0 Å². The Hall–Kier alpha value is -3.64. The maximum atomic E-state index is 12.9. The number of imidazole rings is 1. The number of hydrogen-bond acceptors (Lipinski definition) is 4. The van der Waals surface area contributed by atoms with Crippen molar-refractivity contribution in [3.8, 4) is 5.75 Å². The van der Waals surface area contributed by atoms with E-state index in [1.807, 2.05) is 95.3 Å². The maximum absolute atomic E-state index is 12.9. The summed E-state index contributed by atoms with van der Waals surface area (Å²) in [6, 6.07) is 25.4. The molecule has 0 bridgehead atoms. The van der Waals surface area contributed by atoms with Gasteiger partial charge in [-0.2, -0.15) is 0 Å². The van der Waals surface area contributed by atoms with E-state index < -0.39 is 6.10 Å². The van der Waals surface area contributed by atoms with E-state index in [2.05, 4.69) is 0 Å². The molecule has 1 aliphatic heterocycles. The molecule has 0 saturated carbocycles. The zero-order chi connectivity index (χ0) is 22.8. The van der Waals surface area contributed by atoms with Gasteiger partial charge in [0.25, 0.3) is 0 Å². The number of aryl methyl sites for hydroxylation is 1. The number of carbonyl (C=O) groups is 1. The van der Waals surface area contributed by atoms with Crippen LogP contribution in [-0.4, -0.2) is 39.8 Å². The topological polar surface area (TPSA) is 67.6 Å². The number of para-hydroxylation sites is 3. The Morgan fingerprint density at radius 2 is 1.76 bits per heavy atom. The van der Waals surface area contributed by atoms with Gasteiger partial charge in [-0.15, -0.1) is 0 Å². The van der Waals surface area contributed by atoms with E-state index >= 15 is 0 Å². The number of benzene rings is 3. The summed E-state index contributed by atoms with van der Waals surface area (Å²) in [5.41, 5.74) is 3.89. The number of amides is 1. The highest BCUT2D eigenvalue weighted by Crippen LogP contribution is 2.33. The van der Waals surface area contributed by atoms with Crippen molar-refractivity contribution in [2.75, 3.05) is 18.1 Å². The summed E-state index contributed by atoms with van der Waals surface area (Å²) in [6.07, 6.45) is -0.319. The summed E-state index contributed by atoms with van der Waals surface area (Å²) in [6.45, 7) is 3.13. The summed E-state index contributed by atoms with van der Waals surface area (Å²) >= 11 is 0. The highest BCUT2D eigenvalue weighted by atomic mass is 16.5. The zero-order valence-electron chi connectivity index (χ0n) is 18.6. The number of rotatable bonds is 7. The Bertz CT molecular complexity index is 1250. The van der Waals surface area contributed by atoms with Gasteiger partial charge in [0.15, 0.2) is 0 Å². The van der Waals surface area contributed by atoms with Crippen molar-refractivity contribution in [3.05, 3.63) is 90.3 Å². The van der Waals surface area contributed by atoms with Gasteiger partial charge in [-0.25, -0.2) is 4.98 Å². The molecule has 0 spiro atoms. The lowest BCUT2D eigenvalue weighted by atomic mass is 10.1. The minimum Gasteiger partial charge on any atom is -0.491 e. The summed E-state index contributed by atoms with van der Waals surface area (Å²) in [7, 11) is 0. The lowest BCUT2D eigenvalue weighted by molar-refractivity contribution is -0.117. The molecule has 0 unspecified atom stereocenters. The predicted octanol–water partition coefficient (Wildman–Crippen LogP) is 4.31. The molecule has 4 aromatic rings. The van der Waals surface area contributed by atoms with E-state index in [1.54, 1.807) is 0 Å². The molecule has 168 valence electrons. The Morgan fingerprint density at radius 3 is 2.55 bits per heavy atom. The molecule has 33 heavy (non-hydrogen) atoms. The van der Waals surface area contributed by atoms with Crippen LogP contribution in [0, 0.1) is 6.92 Å². The number of fused-ring (bicyclic) bond motifs is 1. The summed E-state index contributed by atoms with van der Waals surface area (Å²) in [4.78, 5) is 19.6. The van der Waals surface area contributed by atoms with E-state index in [-0.39, 0.29) is 18.4 Å². The van der Waals surface area contributed by atoms with Gasteiger partial charge < -0.3 is 19.3 Å². The van der Waals surface area contributed by atoms with Crippen LogP contribution < -0.4 is 9.64 Å². The number of ether oxygens (including phenoxy) is 1. The van der Waals surface area contributed by atoms with Crippen LogP contribution in [0.25, 0.3) is 11.0 Å². The van der Waals surface area contributed by atoms with Gasteiger partial charge in [0.2, 0.25) is 5.91 Å². The standard InChI is InChI=1S/C27H27N3O3/c1-19-11-13-21(14-12-19)29-16-20(15-26(29)32)27-28-24-9-5-6-10-25(24)30(27)17-22(31)18-33-23-7-3-2-4-8-23/h2-14,20,22,31H,15-18H2,1H3/t20-,22-/m1/s1. The van der Waals surface area contributed by atoms with Crippen molar-refractivity contribution in [3.63, 3.8) is 0 Å². The second-order valence-electron chi connectivity index (χ2n) is 8.59. The van der Waals surface area contributed by atoms with Crippen LogP contribution in [0.3, 0.4) is 0 Å². The first kappa shape index (κ1) is 21.2.